The number of benzene rings is 1. The first-order valence-electron chi connectivity index (χ1n) is 9.33. The molecular formula is C21H32N4O5. The quantitative estimate of drug-likeness (QED) is 0.584. The maximum atomic E-state index is 12.9. The number of carboxylic acid groups (broad SMARTS) is 2. The number of carbonyl (C=O) groups excluding carboxylic acids is 1. The lowest BCUT2D eigenvalue weighted by molar-refractivity contribution is -0.131. The number of H-pyrrole nitrogens is 1. The molecule has 1 aromatic carbocycles. The third-order valence-electron chi connectivity index (χ3n) is 4.29. The highest BCUT2D eigenvalue weighted by atomic mass is 16.3. The van der Waals surface area contributed by atoms with Crippen LogP contribution in [0.25, 0.3) is 0 Å². The van der Waals surface area contributed by atoms with E-state index in [4.69, 9.17) is 19.8 Å². The van der Waals surface area contributed by atoms with Crippen LogP contribution in [0.1, 0.15) is 28.1 Å². The number of aryl methyl sites for hydroxylation is 3. The van der Waals surface area contributed by atoms with E-state index in [1.54, 1.807) is 6.33 Å². The highest BCUT2D eigenvalue weighted by Crippen LogP contribution is 2.14. The number of nitrogens with zero attached hydrogens (tertiary/aromatic N) is 3. The number of hydrogen-bond donors (Lipinski definition) is 3. The van der Waals surface area contributed by atoms with Gasteiger partial charge in [0.2, 0.25) is 5.91 Å². The molecule has 1 heterocycles. The normalized spacial score (nSPS) is 9.67. The Kier molecular flexibility index (Phi) is 13.2. The van der Waals surface area contributed by atoms with Crippen molar-refractivity contribution in [2.75, 3.05) is 27.2 Å². The minimum absolute atomic E-state index is 0.146. The fraction of sp³-hybridized carbons (Fsp3) is 0.429. The maximum absolute atomic E-state index is 12.9. The number of nitrogens with one attached hydrogen (secondary N) is 1. The Morgan fingerprint density at radius 1 is 1.10 bits per heavy atom. The second kappa shape index (κ2) is 14.7. The molecule has 1 aromatic heterocycles. The molecular weight excluding hydrogens is 388 g/mol. The van der Waals surface area contributed by atoms with E-state index in [1.807, 2.05) is 25.9 Å². The van der Waals surface area contributed by atoms with Crippen LogP contribution >= 0.6 is 0 Å². The monoisotopic (exact) mass is 420 g/mol. The van der Waals surface area contributed by atoms with Crippen LogP contribution in [0.2, 0.25) is 0 Å². The van der Waals surface area contributed by atoms with Crippen molar-refractivity contribution in [1.82, 2.24) is 19.8 Å². The average molecular weight is 421 g/mol. The van der Waals surface area contributed by atoms with Crippen LogP contribution in [0, 0.1) is 20.8 Å². The van der Waals surface area contributed by atoms with Gasteiger partial charge in [-0.25, -0.2) is 4.98 Å². The molecule has 0 saturated heterocycles. The smallest absolute Gasteiger partial charge is 0.290 e. The van der Waals surface area contributed by atoms with Crippen LogP contribution < -0.4 is 0 Å². The number of aromatic amines is 1. The summed E-state index contributed by atoms with van der Waals surface area (Å²) in [5.41, 5.74) is 5.41. The average Bonchev–Trinajstić information content (AvgIpc) is 3.07. The van der Waals surface area contributed by atoms with E-state index >= 15 is 0 Å². The zero-order valence-corrected chi connectivity index (χ0v) is 18.3. The van der Waals surface area contributed by atoms with E-state index in [0.717, 1.165) is 29.1 Å². The van der Waals surface area contributed by atoms with Crippen LogP contribution in [0.3, 0.4) is 0 Å². The van der Waals surface area contributed by atoms with Gasteiger partial charge in [0.15, 0.2) is 0 Å². The first-order chi connectivity index (χ1) is 14.2. The molecule has 0 atom stereocenters. The Balaban J connectivity index is 0.00000125. The Hall–Kier alpha value is -3.20. The lowest BCUT2D eigenvalue weighted by Crippen LogP contribution is -2.37. The number of likely N-dealkylation sites (N-methyl/N-ethyl adjacent to an activating group) is 1. The lowest BCUT2D eigenvalue weighted by Gasteiger charge is -2.24. The predicted molar refractivity (Wildman–Crippen MR) is 114 cm³/mol. The van der Waals surface area contributed by atoms with Crippen molar-refractivity contribution in [2.45, 2.75) is 33.7 Å². The summed E-state index contributed by atoms with van der Waals surface area (Å²) >= 11 is 0. The van der Waals surface area contributed by atoms with Gasteiger partial charge in [-0.15, -0.1) is 0 Å². The Morgan fingerprint density at radius 2 is 1.70 bits per heavy atom. The summed E-state index contributed by atoms with van der Waals surface area (Å²) in [4.78, 5) is 41.0. The molecule has 3 N–H and O–H groups in total. The highest BCUT2D eigenvalue weighted by molar-refractivity contribution is 5.79. The van der Waals surface area contributed by atoms with Gasteiger partial charge in [-0.1, -0.05) is 23.8 Å². The molecule has 0 aliphatic heterocycles. The van der Waals surface area contributed by atoms with E-state index in [2.05, 4.69) is 46.9 Å². The van der Waals surface area contributed by atoms with Crippen molar-refractivity contribution in [3.05, 3.63) is 52.6 Å². The number of imidazole rings is 1. The maximum Gasteiger partial charge on any atom is 0.290 e. The Morgan fingerprint density at radius 3 is 2.20 bits per heavy atom. The zero-order chi connectivity index (χ0) is 23.1. The second-order valence-electron chi connectivity index (χ2n) is 6.91. The largest absolute Gasteiger partial charge is 0.483 e. The molecule has 1 amide bonds. The van der Waals surface area contributed by atoms with Crippen LogP contribution in [0.15, 0.2) is 24.5 Å². The van der Waals surface area contributed by atoms with E-state index in [9.17, 15) is 4.79 Å². The first-order valence-corrected chi connectivity index (χ1v) is 9.33. The van der Waals surface area contributed by atoms with Crippen molar-refractivity contribution in [2.24, 2.45) is 0 Å². The molecule has 0 unspecified atom stereocenters. The van der Waals surface area contributed by atoms with E-state index in [0.29, 0.717) is 19.5 Å². The number of hydrogen-bond acceptors (Lipinski definition) is 5. The second-order valence-corrected chi connectivity index (χ2v) is 6.91. The van der Waals surface area contributed by atoms with Crippen molar-refractivity contribution in [3.63, 3.8) is 0 Å². The van der Waals surface area contributed by atoms with Crippen LogP contribution in [0.4, 0.5) is 0 Å². The fourth-order valence-electron chi connectivity index (χ4n) is 2.61. The lowest BCUT2D eigenvalue weighted by atomic mass is 10.0. The highest BCUT2D eigenvalue weighted by Gasteiger charge is 2.17. The van der Waals surface area contributed by atoms with Crippen molar-refractivity contribution in [1.29, 1.82) is 0 Å². The Bertz CT molecular complexity index is 783. The molecule has 0 radical (unpaired) electrons. The summed E-state index contributed by atoms with van der Waals surface area (Å²) in [6.07, 6.45) is 2.12. The number of rotatable bonds is 7. The van der Waals surface area contributed by atoms with Crippen LogP contribution in [-0.4, -0.2) is 76.0 Å². The summed E-state index contributed by atoms with van der Waals surface area (Å²) in [5.74, 6) is 0.146. The molecule has 0 fully saturated rings. The Labute approximate surface area is 177 Å². The first kappa shape index (κ1) is 26.8. The number of carbonyl (C=O) groups is 3. The third kappa shape index (κ3) is 10.4. The van der Waals surface area contributed by atoms with Gasteiger partial charge in [0, 0.05) is 18.8 Å². The SMILES string of the molecule is Cc1ccc(C)c(CC(=O)N(CCN(C)C)Cc2nc[nH]c2C)c1.O=CO.O=CO. The summed E-state index contributed by atoms with van der Waals surface area (Å²) < 4.78 is 0. The number of aromatic nitrogens is 2. The molecule has 2 rings (SSSR count). The van der Waals surface area contributed by atoms with E-state index < -0.39 is 0 Å². The van der Waals surface area contributed by atoms with Gasteiger partial charge in [-0.2, -0.15) is 0 Å². The summed E-state index contributed by atoms with van der Waals surface area (Å²) in [7, 11) is 4.04. The molecule has 9 nitrogen and oxygen atoms in total. The summed E-state index contributed by atoms with van der Waals surface area (Å²) in [5, 5.41) is 13.8. The molecule has 0 saturated carbocycles. The van der Waals surface area contributed by atoms with Gasteiger partial charge in [-0.3, -0.25) is 14.4 Å². The minimum Gasteiger partial charge on any atom is -0.483 e. The van der Waals surface area contributed by atoms with Gasteiger partial charge in [0.05, 0.1) is 25.0 Å². The van der Waals surface area contributed by atoms with Crippen LogP contribution in [0.5, 0.6) is 0 Å². The topological polar surface area (TPSA) is 127 Å². The molecule has 9 heteroatoms. The fourth-order valence-corrected chi connectivity index (χ4v) is 2.61. The third-order valence-corrected chi connectivity index (χ3v) is 4.29. The molecule has 0 aliphatic carbocycles. The summed E-state index contributed by atoms with van der Waals surface area (Å²) in [6.45, 7) is 7.69. The van der Waals surface area contributed by atoms with Gasteiger partial charge >= 0.3 is 0 Å². The summed E-state index contributed by atoms with van der Waals surface area (Å²) in [6, 6.07) is 6.28. The minimum atomic E-state index is -0.250. The molecule has 0 spiro atoms. The zero-order valence-electron chi connectivity index (χ0n) is 18.3. The molecule has 0 aliphatic rings. The van der Waals surface area contributed by atoms with Crippen molar-refractivity contribution < 1.29 is 24.6 Å². The standard InChI is InChI=1S/C19H28N4O.2CH2O2/c1-14-6-7-15(2)17(10-14)11-19(24)23(9-8-22(4)5)12-18-16(3)20-13-21-18;2*2-1-3/h6-7,10,13H,8-9,11-12H2,1-5H3,(H,20,21);2*1H,(H,2,3). The molecule has 30 heavy (non-hydrogen) atoms. The van der Waals surface area contributed by atoms with E-state index in [1.165, 1.54) is 5.56 Å². The van der Waals surface area contributed by atoms with Gasteiger partial charge in [0.1, 0.15) is 0 Å². The van der Waals surface area contributed by atoms with Gasteiger partial charge in [-0.05, 0) is 46.0 Å². The van der Waals surface area contributed by atoms with E-state index in [-0.39, 0.29) is 18.9 Å². The van der Waals surface area contributed by atoms with Crippen molar-refractivity contribution in [3.8, 4) is 0 Å². The molecule has 166 valence electrons. The predicted octanol–water partition coefficient (Wildman–Crippen LogP) is 1.87. The van der Waals surface area contributed by atoms with Gasteiger partial charge in [0.25, 0.3) is 12.9 Å². The molecule has 2 aromatic rings. The van der Waals surface area contributed by atoms with Gasteiger partial charge < -0.3 is 25.0 Å². The molecule has 0 bridgehead atoms. The van der Waals surface area contributed by atoms with Crippen LogP contribution in [-0.2, 0) is 27.3 Å². The van der Waals surface area contributed by atoms with Crippen molar-refractivity contribution >= 4 is 18.9 Å². The number of amides is 1.